The summed E-state index contributed by atoms with van der Waals surface area (Å²) in [4.78, 5) is 75.3. The fourth-order valence-electron chi connectivity index (χ4n) is 4.28. The summed E-state index contributed by atoms with van der Waals surface area (Å²) >= 11 is 1.85. The van der Waals surface area contributed by atoms with Gasteiger partial charge in [-0.2, -0.15) is 11.8 Å². The number of nitrogens with zero attached hydrogens (tertiary/aromatic N) is 1. The van der Waals surface area contributed by atoms with Crippen LogP contribution in [0.3, 0.4) is 0 Å². The van der Waals surface area contributed by atoms with Crippen molar-refractivity contribution in [2.45, 2.75) is 67.5 Å². The maximum atomic E-state index is 12.0. The number of nitrogens with one attached hydrogen (secondary N) is 4. The Morgan fingerprint density at radius 2 is 1.64 bits per heavy atom. The topological polar surface area (TPSA) is 220 Å². The maximum absolute atomic E-state index is 12.0. The molecule has 0 aromatic rings. The molecule has 3 fully saturated rings. The number of imide groups is 1. The maximum Gasteiger partial charge on any atom is 1.00 e. The van der Waals surface area contributed by atoms with Gasteiger partial charge in [0, 0.05) is 48.4 Å². The number of rotatable bonds is 17. The quantitative estimate of drug-likeness (QED) is 0.0291. The number of unbranched alkanes of at least 4 members (excludes halogenated alkanes) is 1. The molecule has 4 N–H and O–H groups in total. The average Bonchev–Trinajstić information content (AvgIpc) is 3.54. The zero-order valence-electron chi connectivity index (χ0n) is 23.0. The zero-order chi connectivity index (χ0) is 30.0. The summed E-state index contributed by atoms with van der Waals surface area (Å²) in [5, 5.41) is 9.66. The minimum Gasteiger partial charge on any atom is -0.747 e. The Labute approximate surface area is 277 Å². The first-order valence-corrected chi connectivity index (χ1v) is 17.9. The van der Waals surface area contributed by atoms with Gasteiger partial charge in [0.1, 0.15) is 15.4 Å². The third-order valence-electron chi connectivity index (χ3n) is 6.34. The molecule has 3 aliphatic rings. The number of thioether (sulfide) groups is 1. The summed E-state index contributed by atoms with van der Waals surface area (Å²) in [5.74, 6) is -2.06. The Morgan fingerprint density at radius 1 is 1.00 bits per heavy atom. The van der Waals surface area contributed by atoms with E-state index in [0.717, 1.165) is 25.0 Å². The van der Waals surface area contributed by atoms with Crippen molar-refractivity contribution in [1.82, 2.24) is 26.3 Å². The summed E-state index contributed by atoms with van der Waals surface area (Å²) in [6.07, 6.45) is 2.15. The molecule has 3 saturated heterocycles. The van der Waals surface area contributed by atoms with Gasteiger partial charge < -0.3 is 30.7 Å². The van der Waals surface area contributed by atoms with Crippen molar-refractivity contribution >= 4 is 79.1 Å². The van der Waals surface area contributed by atoms with Crippen LogP contribution in [0.2, 0.25) is 0 Å². The molecule has 0 aromatic carbocycles. The molecule has 3 heterocycles. The molecule has 4 atom stereocenters. The van der Waals surface area contributed by atoms with Crippen LogP contribution in [0.4, 0.5) is 4.79 Å². The Bertz CT molecular complexity index is 1130. The van der Waals surface area contributed by atoms with E-state index in [1.54, 1.807) is 0 Å². The number of hydrogen-bond acceptors (Lipinski definition) is 13. The smallest absolute Gasteiger partial charge is 0.747 e. The van der Waals surface area contributed by atoms with Crippen LogP contribution in [0.25, 0.3) is 0 Å². The molecule has 1 unspecified atom stereocenters. The molecule has 0 spiro atoms. The van der Waals surface area contributed by atoms with E-state index in [1.165, 1.54) is 21.6 Å². The van der Waals surface area contributed by atoms with Gasteiger partial charge in [-0.25, -0.2) is 18.0 Å². The number of hydroxylamine groups is 2. The monoisotopic (exact) mass is 677 g/mol. The molecule has 3 rings (SSSR count). The first-order valence-electron chi connectivity index (χ1n) is 12.9. The van der Waals surface area contributed by atoms with Gasteiger partial charge in [-0.05, 0) is 12.8 Å². The van der Waals surface area contributed by atoms with E-state index in [4.69, 9.17) is 0 Å². The molecule has 0 bridgehead atoms. The summed E-state index contributed by atoms with van der Waals surface area (Å²) in [7, 11) is -2.44. The van der Waals surface area contributed by atoms with Crippen LogP contribution in [0.15, 0.2) is 0 Å². The molecule has 0 aliphatic carbocycles. The normalized spacial score (nSPS) is 23.1. The minimum absolute atomic E-state index is 0. The fourth-order valence-corrected chi connectivity index (χ4v) is 8.48. The van der Waals surface area contributed by atoms with E-state index in [0.29, 0.717) is 30.5 Å². The van der Waals surface area contributed by atoms with E-state index in [-0.39, 0.29) is 83.1 Å². The van der Waals surface area contributed by atoms with Crippen LogP contribution in [0, 0.1) is 0 Å². The molecular weight excluding hydrogens is 646 g/mol. The SMILES string of the molecule is O=C(CCCC[C@@H]1SC[C@@H]2NC(=O)N[C@@H]21)NCCNC(=O)CCSSCCC(=O)ON1C(=O)CC(S(=O)(=O)[O-])C1=O.[Na+]. The van der Waals surface area contributed by atoms with Crippen LogP contribution >= 0.6 is 33.3 Å². The molecular formula is C22H32N5NaO10S4. The van der Waals surface area contributed by atoms with E-state index in [9.17, 15) is 41.7 Å². The minimum atomic E-state index is -5.03. The molecule has 0 saturated carbocycles. The van der Waals surface area contributed by atoms with Gasteiger partial charge in [-0.15, -0.1) is 5.06 Å². The second-order valence-corrected chi connectivity index (χ2v) is 14.9. The molecule has 15 nitrogen and oxygen atoms in total. The van der Waals surface area contributed by atoms with Crippen molar-refractivity contribution in [3.05, 3.63) is 0 Å². The molecule has 3 aliphatic heterocycles. The summed E-state index contributed by atoms with van der Waals surface area (Å²) in [6, 6.07) is 0.253. The largest absolute Gasteiger partial charge is 1.00 e. The Morgan fingerprint density at radius 3 is 2.29 bits per heavy atom. The number of hydrogen-bond donors (Lipinski definition) is 4. The van der Waals surface area contributed by atoms with Gasteiger partial charge in [0.05, 0.1) is 24.9 Å². The third-order valence-corrected chi connectivity index (χ3v) is 11.3. The van der Waals surface area contributed by atoms with Gasteiger partial charge in [-0.1, -0.05) is 28.0 Å². The van der Waals surface area contributed by atoms with E-state index >= 15 is 0 Å². The van der Waals surface area contributed by atoms with Crippen molar-refractivity contribution in [3.8, 4) is 0 Å². The molecule has 42 heavy (non-hydrogen) atoms. The van der Waals surface area contributed by atoms with Crippen molar-refractivity contribution < 1.29 is 76.1 Å². The number of carbonyl (C=O) groups is 6. The van der Waals surface area contributed by atoms with Crippen LogP contribution in [-0.4, -0.2) is 107 Å². The van der Waals surface area contributed by atoms with Crippen molar-refractivity contribution in [2.24, 2.45) is 0 Å². The van der Waals surface area contributed by atoms with Crippen LogP contribution in [0.1, 0.15) is 44.9 Å². The van der Waals surface area contributed by atoms with Gasteiger partial charge in [0.15, 0.2) is 0 Å². The Hall–Kier alpha value is -1.22. The van der Waals surface area contributed by atoms with Gasteiger partial charge >= 0.3 is 41.6 Å². The first-order chi connectivity index (χ1) is 19.5. The van der Waals surface area contributed by atoms with E-state index < -0.39 is 39.6 Å². The summed E-state index contributed by atoms with van der Waals surface area (Å²) in [6.45, 7) is 0.614. The number of amides is 6. The molecule has 230 valence electrons. The van der Waals surface area contributed by atoms with Crippen LogP contribution in [-0.2, 0) is 38.9 Å². The van der Waals surface area contributed by atoms with Gasteiger partial charge in [0.25, 0.3) is 11.8 Å². The number of fused-ring (bicyclic) bond motifs is 1. The second kappa shape index (κ2) is 17.9. The molecule has 0 aromatic heterocycles. The first kappa shape index (κ1) is 37.0. The van der Waals surface area contributed by atoms with Gasteiger partial charge in [-0.3, -0.25) is 19.2 Å². The predicted octanol–water partition coefficient (Wildman–Crippen LogP) is -3.76. The van der Waals surface area contributed by atoms with E-state index in [1.807, 2.05) is 11.8 Å². The summed E-state index contributed by atoms with van der Waals surface area (Å²) < 4.78 is 33.0. The van der Waals surface area contributed by atoms with Crippen LogP contribution in [0.5, 0.6) is 0 Å². The fraction of sp³-hybridized carbons (Fsp3) is 0.727. The molecule has 0 radical (unpaired) electrons. The third kappa shape index (κ3) is 11.7. The Kier molecular flexibility index (Phi) is 15.8. The standard InChI is InChI=1S/C22H33N5O10S4.Na/c28-16(4-2-1-3-14-20-13(12-38-14)25-22(33)26-20)23-7-8-24-17(29)5-9-39-40-10-6-19(31)37-27-18(30)11-15(21(27)32)41(34,35)36;/h13-15,20H,1-12H2,(H,23,28)(H,24,29)(H2,25,26,33)(H,34,35,36);/q;+1/p-1/t13-,14-,15?,20-;/m0./s1. The van der Waals surface area contributed by atoms with Crippen molar-refractivity contribution in [1.29, 1.82) is 0 Å². The van der Waals surface area contributed by atoms with Crippen molar-refractivity contribution in [2.75, 3.05) is 30.3 Å². The number of urea groups is 1. The zero-order valence-corrected chi connectivity index (χ0v) is 28.2. The summed E-state index contributed by atoms with van der Waals surface area (Å²) in [5.41, 5.74) is 0. The average molecular weight is 678 g/mol. The predicted molar refractivity (Wildman–Crippen MR) is 150 cm³/mol. The van der Waals surface area contributed by atoms with E-state index in [2.05, 4.69) is 26.1 Å². The Balaban J connectivity index is 0.00000616. The van der Waals surface area contributed by atoms with Crippen molar-refractivity contribution in [3.63, 3.8) is 0 Å². The second-order valence-electron chi connectivity index (χ2n) is 9.39. The number of carbonyl (C=O) groups excluding carboxylic acids is 6. The van der Waals surface area contributed by atoms with Crippen LogP contribution < -0.4 is 50.8 Å². The molecule has 6 amide bonds. The molecule has 20 heteroatoms. The van der Waals surface area contributed by atoms with Gasteiger partial charge in [0.2, 0.25) is 11.8 Å².